The number of fused-ring (bicyclic) bond motifs is 6. The van der Waals surface area contributed by atoms with Crippen LogP contribution in [0.25, 0.3) is 0 Å². The minimum atomic E-state index is -3.61. The lowest BCUT2D eigenvalue weighted by Gasteiger charge is -2.45. The molecule has 4 aromatic carbocycles. The molecule has 3 aliphatic heterocycles. The van der Waals surface area contributed by atoms with E-state index < -0.39 is 62.0 Å². The number of benzene rings is 4. The maximum absolute atomic E-state index is 8.68. The molecule has 3 saturated heterocycles. The molecule has 7 N–H and O–H groups in total. The van der Waals surface area contributed by atoms with E-state index in [1.165, 1.54) is 24.3 Å². The molecule has 0 amide bonds. The van der Waals surface area contributed by atoms with Crippen LogP contribution in [-0.2, 0) is 26.1 Å². The zero-order valence-corrected chi connectivity index (χ0v) is 32.2. The van der Waals surface area contributed by atoms with Crippen molar-refractivity contribution >= 4 is 89.3 Å². The van der Waals surface area contributed by atoms with Gasteiger partial charge in [0.15, 0.2) is 0 Å². The highest BCUT2D eigenvalue weighted by Crippen LogP contribution is 2.28. The van der Waals surface area contributed by atoms with E-state index in [0.717, 1.165) is 39.6 Å². The number of rotatable bonds is 5. The van der Waals surface area contributed by atoms with Gasteiger partial charge >= 0.3 is 62.0 Å². The summed E-state index contributed by atoms with van der Waals surface area (Å²) in [7, 11) is -15.5. The van der Waals surface area contributed by atoms with Gasteiger partial charge in [0.2, 0.25) is 0 Å². The molecule has 0 radical (unpaired) electrons. The maximum Gasteiger partial charge on any atom is 0.489 e. The van der Waals surface area contributed by atoms with E-state index in [9.17, 15) is 0 Å². The molecule has 51 heavy (non-hydrogen) atoms. The molecule has 13 nitrogen and oxygen atoms in total. The Morgan fingerprint density at radius 2 is 0.647 bits per heavy atom. The summed E-state index contributed by atoms with van der Waals surface area (Å²) in [4.78, 5) is 23.3. The zero-order chi connectivity index (χ0) is 37.6. The lowest BCUT2D eigenvalue weighted by atomic mass is 9.75. The molecule has 2 bridgehead atoms. The summed E-state index contributed by atoms with van der Waals surface area (Å²) in [6.07, 6.45) is 0. The molecule has 0 atom stereocenters. The summed E-state index contributed by atoms with van der Waals surface area (Å²) in [6.45, 7) is 10.8. The van der Waals surface area contributed by atoms with Crippen molar-refractivity contribution in [3.05, 3.63) is 114 Å². The number of hydrogen-bond acceptors (Lipinski definition) is 13. The Morgan fingerprint density at radius 1 is 0.451 bits per heavy atom. The summed E-state index contributed by atoms with van der Waals surface area (Å²) in [5, 5.41) is 34.7. The summed E-state index contributed by atoms with van der Waals surface area (Å²) in [5.74, 6) is 0. The third-order valence-corrected chi connectivity index (χ3v) is 11.4. The number of aryl methyl sites for hydroxylation is 3. The second-order valence-electron chi connectivity index (χ2n) is 12.5. The van der Waals surface area contributed by atoms with E-state index in [1.54, 1.807) is 0 Å². The van der Waals surface area contributed by atoms with E-state index in [1.807, 2.05) is 107 Å². The predicted octanol–water partition coefficient (Wildman–Crippen LogP) is -2.06. The average molecular weight is 748 g/mol. The second kappa shape index (κ2) is 17.4. The number of hydrogen-bond donors (Lipinski definition) is 7. The van der Waals surface area contributed by atoms with E-state index in [0.29, 0.717) is 10.9 Å². The average Bonchev–Trinajstić information content (AvgIpc) is 3.03. The quantitative estimate of drug-likeness (QED) is 0.110. The monoisotopic (exact) mass is 748 g/mol. The van der Waals surface area contributed by atoms with Crippen LogP contribution in [0.1, 0.15) is 16.7 Å². The first-order chi connectivity index (χ1) is 23.8. The summed E-state index contributed by atoms with van der Waals surface area (Å²) in [6, 6.07) is 29.7. The van der Waals surface area contributed by atoms with Crippen molar-refractivity contribution in [1.82, 2.24) is 0 Å². The summed E-state index contributed by atoms with van der Waals surface area (Å²) < 4.78 is 39.2. The maximum atomic E-state index is 8.68. The SMILES string of the molecule is C[Si](O)(O)O.Cc1ccc(B2O[Si]3(C)OB(c4ccc(C)cc4)O[Si](C)(O2)OB(c2ccc(C)cc2)O3)cc1.OB(O)c1ccc(B(O)O)cc1. The van der Waals surface area contributed by atoms with Crippen LogP contribution in [-0.4, -0.2) is 96.5 Å². The van der Waals surface area contributed by atoms with Crippen LogP contribution in [0.4, 0.5) is 0 Å². The van der Waals surface area contributed by atoms with Crippen LogP contribution >= 0.6 is 0 Å². The fourth-order valence-electron chi connectivity index (χ4n) is 4.82. The van der Waals surface area contributed by atoms with Crippen LogP contribution in [0.15, 0.2) is 97.1 Å². The van der Waals surface area contributed by atoms with Crippen LogP contribution in [0, 0.1) is 20.8 Å². The standard InChI is InChI=1S/C23H27B3O6Si2.C6H8B2O4.CH6O3Si/c1-18-6-12-21(13-7-18)24-27-33(4)29-25(22-14-8-19(2)9-15-22)30-34(5,28-24)32-26(31-33)23-16-10-20(3)11-17-23;9-7(10)5-1-2-6(4-3-5)8(11)12;1-5(2,3)4/h6-17H,1-5H3;1-4,9-12H;2-4H,1H3. The zero-order valence-electron chi connectivity index (χ0n) is 29.2. The Morgan fingerprint density at radius 3 is 0.824 bits per heavy atom. The van der Waals surface area contributed by atoms with Gasteiger partial charge in [0, 0.05) is 19.6 Å². The van der Waals surface area contributed by atoms with E-state index >= 15 is 0 Å². The Hall–Kier alpha value is -2.66. The molecule has 0 aromatic heterocycles. The fourth-order valence-corrected chi connectivity index (χ4v) is 8.89. The second-order valence-corrected chi connectivity index (χ2v) is 19.3. The van der Waals surface area contributed by atoms with E-state index in [-0.39, 0.29) is 0 Å². The highest BCUT2D eigenvalue weighted by atomic mass is 28.4. The fraction of sp³-hybridized carbons (Fsp3) is 0.200. The molecule has 7 rings (SSSR count). The van der Waals surface area contributed by atoms with Crippen molar-refractivity contribution < 1.29 is 60.5 Å². The third kappa shape index (κ3) is 12.8. The molecule has 21 heteroatoms. The van der Waals surface area contributed by atoms with Crippen molar-refractivity contribution in [2.75, 3.05) is 0 Å². The molecule has 0 saturated carbocycles. The topological polar surface area (TPSA) is 197 Å². The van der Waals surface area contributed by atoms with Gasteiger partial charge in [-0.25, -0.2) is 0 Å². The molecule has 266 valence electrons. The molecule has 0 unspecified atom stereocenters. The van der Waals surface area contributed by atoms with Gasteiger partial charge < -0.3 is 60.5 Å². The van der Waals surface area contributed by atoms with Crippen LogP contribution < -0.4 is 27.3 Å². The molecular weight excluding hydrogens is 707 g/mol. The van der Waals surface area contributed by atoms with Gasteiger partial charge in [-0.1, -0.05) is 114 Å². The van der Waals surface area contributed by atoms with Gasteiger partial charge in [-0.05, 0) is 48.1 Å². The lowest BCUT2D eigenvalue weighted by Crippen LogP contribution is -2.72. The first-order valence-electron chi connectivity index (χ1n) is 16.1. The van der Waals surface area contributed by atoms with Crippen molar-refractivity contribution in [1.29, 1.82) is 0 Å². The van der Waals surface area contributed by atoms with Crippen LogP contribution in [0.5, 0.6) is 0 Å². The first-order valence-corrected chi connectivity index (χ1v) is 22.9. The molecule has 0 spiro atoms. The van der Waals surface area contributed by atoms with Gasteiger partial charge in [-0.2, -0.15) is 0 Å². The Labute approximate surface area is 303 Å². The lowest BCUT2D eigenvalue weighted by molar-refractivity contribution is 0.139. The molecule has 3 fully saturated rings. The molecular formula is C30H41B5O13Si3. The van der Waals surface area contributed by atoms with Crippen molar-refractivity contribution in [2.24, 2.45) is 0 Å². The summed E-state index contributed by atoms with van der Waals surface area (Å²) in [5.41, 5.74) is 6.69. The Balaban J connectivity index is 0.000000284. The minimum Gasteiger partial charge on any atom is -0.423 e. The van der Waals surface area contributed by atoms with E-state index in [4.69, 9.17) is 60.5 Å². The van der Waals surface area contributed by atoms with Gasteiger partial charge in [0.25, 0.3) is 0 Å². The van der Waals surface area contributed by atoms with E-state index in [2.05, 4.69) is 0 Å². The Kier molecular flexibility index (Phi) is 14.1. The van der Waals surface area contributed by atoms with Crippen LogP contribution in [0.2, 0.25) is 19.6 Å². The first kappa shape index (κ1) is 41.1. The molecule has 4 aromatic rings. The largest absolute Gasteiger partial charge is 0.489 e. The highest BCUT2D eigenvalue weighted by molar-refractivity contribution is 6.93. The van der Waals surface area contributed by atoms with Gasteiger partial charge in [-0.15, -0.1) is 0 Å². The van der Waals surface area contributed by atoms with Gasteiger partial charge in [0.05, 0.1) is 0 Å². The highest BCUT2D eigenvalue weighted by Gasteiger charge is 2.59. The molecule has 0 aliphatic carbocycles. The summed E-state index contributed by atoms with van der Waals surface area (Å²) >= 11 is 0. The molecule has 3 heterocycles. The predicted molar refractivity (Wildman–Crippen MR) is 204 cm³/mol. The smallest absolute Gasteiger partial charge is 0.423 e. The van der Waals surface area contributed by atoms with Gasteiger partial charge in [-0.3, -0.25) is 0 Å². The third-order valence-electron chi connectivity index (χ3n) is 7.51. The normalized spacial score (nSPS) is 20.2. The minimum absolute atomic E-state index is 0.319. The van der Waals surface area contributed by atoms with Crippen molar-refractivity contribution in [3.8, 4) is 0 Å². The molecule has 3 aliphatic rings. The van der Waals surface area contributed by atoms with Crippen LogP contribution in [0.3, 0.4) is 0 Å². The van der Waals surface area contributed by atoms with Gasteiger partial charge in [0.1, 0.15) is 0 Å². The Bertz CT molecular complexity index is 1490. The van der Waals surface area contributed by atoms with Crippen molar-refractivity contribution in [2.45, 2.75) is 40.4 Å². The van der Waals surface area contributed by atoms with Crippen molar-refractivity contribution in [3.63, 3.8) is 0 Å².